The predicted molar refractivity (Wildman–Crippen MR) is 103 cm³/mol. The maximum absolute atomic E-state index is 11.8. The molecule has 2 aromatic rings. The second-order valence-electron chi connectivity index (χ2n) is 5.62. The molecule has 7 heteroatoms. The van der Waals surface area contributed by atoms with E-state index in [1.165, 1.54) is 0 Å². The minimum atomic E-state index is -0.476. The summed E-state index contributed by atoms with van der Waals surface area (Å²) in [7, 11) is 0. The van der Waals surface area contributed by atoms with Crippen LogP contribution in [-0.4, -0.2) is 25.2 Å². The standard InChI is InChI=1S/C19H22N4O3/c1-13(2)18(24)26-12-11-21-19(25)23-17-9-7-16(8-10-17)22-15-5-3-14(20)4-6-15/h3-10,22H,1,11-12,20H2,2H3,(H2,21,23,25). The number of urea groups is 1. The van der Waals surface area contributed by atoms with Crippen LogP contribution >= 0.6 is 0 Å². The third-order valence-corrected chi connectivity index (χ3v) is 3.31. The maximum atomic E-state index is 11.8. The monoisotopic (exact) mass is 354 g/mol. The number of carbonyl (C=O) groups excluding carboxylic acids is 2. The number of rotatable bonds is 7. The van der Waals surface area contributed by atoms with E-state index in [9.17, 15) is 9.59 Å². The summed E-state index contributed by atoms with van der Waals surface area (Å²) in [6.07, 6.45) is 0. The van der Waals surface area contributed by atoms with Gasteiger partial charge >= 0.3 is 12.0 Å². The van der Waals surface area contributed by atoms with Crippen molar-refractivity contribution in [2.24, 2.45) is 0 Å². The van der Waals surface area contributed by atoms with Gasteiger partial charge in [0.05, 0.1) is 6.54 Å². The molecule has 0 aliphatic rings. The second kappa shape index (κ2) is 9.12. The molecule has 2 aromatic carbocycles. The minimum Gasteiger partial charge on any atom is -0.460 e. The Morgan fingerprint density at radius 1 is 1.00 bits per heavy atom. The van der Waals surface area contributed by atoms with Crippen LogP contribution in [0.4, 0.5) is 27.5 Å². The fourth-order valence-corrected chi connectivity index (χ4v) is 1.98. The average molecular weight is 354 g/mol. The number of nitrogens with two attached hydrogens (primary N) is 1. The molecule has 0 atom stereocenters. The van der Waals surface area contributed by atoms with Crippen molar-refractivity contribution in [3.05, 3.63) is 60.7 Å². The van der Waals surface area contributed by atoms with Gasteiger partial charge in [0.1, 0.15) is 6.61 Å². The maximum Gasteiger partial charge on any atom is 0.333 e. The lowest BCUT2D eigenvalue weighted by Crippen LogP contribution is -2.32. The lowest BCUT2D eigenvalue weighted by atomic mass is 10.2. The van der Waals surface area contributed by atoms with Gasteiger partial charge in [0, 0.05) is 28.3 Å². The average Bonchev–Trinajstić information content (AvgIpc) is 2.62. The Labute approximate surface area is 152 Å². The lowest BCUT2D eigenvalue weighted by Gasteiger charge is -2.10. The molecule has 7 nitrogen and oxygen atoms in total. The zero-order valence-corrected chi connectivity index (χ0v) is 14.5. The van der Waals surface area contributed by atoms with Gasteiger partial charge < -0.3 is 26.4 Å². The van der Waals surface area contributed by atoms with Crippen LogP contribution in [0.1, 0.15) is 6.92 Å². The number of nitrogens with one attached hydrogen (secondary N) is 3. The van der Waals surface area contributed by atoms with E-state index in [2.05, 4.69) is 22.5 Å². The molecule has 0 heterocycles. The predicted octanol–water partition coefficient (Wildman–Crippen LogP) is 3.25. The van der Waals surface area contributed by atoms with Crippen LogP contribution in [0.2, 0.25) is 0 Å². The summed E-state index contributed by atoms with van der Waals surface area (Å²) in [5, 5.41) is 8.53. The molecule has 2 rings (SSSR count). The van der Waals surface area contributed by atoms with Gasteiger partial charge in [0.2, 0.25) is 0 Å². The molecule has 2 amide bonds. The van der Waals surface area contributed by atoms with Gasteiger partial charge in [-0.25, -0.2) is 9.59 Å². The number of ether oxygens (including phenoxy) is 1. The summed E-state index contributed by atoms with van der Waals surface area (Å²) in [5.41, 5.74) is 9.12. The summed E-state index contributed by atoms with van der Waals surface area (Å²) in [5.74, 6) is -0.476. The van der Waals surface area contributed by atoms with Gasteiger partial charge in [-0.1, -0.05) is 6.58 Å². The third kappa shape index (κ3) is 6.20. The quantitative estimate of drug-likeness (QED) is 0.264. The van der Waals surface area contributed by atoms with Crippen LogP contribution in [0, 0.1) is 0 Å². The van der Waals surface area contributed by atoms with Crippen molar-refractivity contribution in [1.82, 2.24) is 5.32 Å². The van der Waals surface area contributed by atoms with Crippen molar-refractivity contribution in [1.29, 1.82) is 0 Å². The summed E-state index contributed by atoms with van der Waals surface area (Å²) in [6.45, 7) is 5.34. The molecule has 0 fully saturated rings. The Balaban J connectivity index is 1.75. The molecule has 0 saturated heterocycles. The number of amides is 2. The fourth-order valence-electron chi connectivity index (χ4n) is 1.98. The first-order valence-electron chi connectivity index (χ1n) is 8.04. The fraction of sp³-hybridized carbons (Fsp3) is 0.158. The lowest BCUT2D eigenvalue weighted by molar-refractivity contribution is -0.138. The third-order valence-electron chi connectivity index (χ3n) is 3.31. The van der Waals surface area contributed by atoms with E-state index in [1.807, 2.05) is 36.4 Å². The zero-order valence-electron chi connectivity index (χ0n) is 14.5. The first-order chi connectivity index (χ1) is 12.4. The Morgan fingerprint density at radius 2 is 1.54 bits per heavy atom. The first-order valence-corrected chi connectivity index (χ1v) is 8.04. The number of nitrogen functional groups attached to an aromatic ring is 1. The topological polar surface area (TPSA) is 105 Å². The van der Waals surface area contributed by atoms with Crippen LogP contribution in [-0.2, 0) is 9.53 Å². The van der Waals surface area contributed by atoms with Crippen molar-refractivity contribution in [2.45, 2.75) is 6.92 Å². The van der Waals surface area contributed by atoms with Gasteiger partial charge in [-0.05, 0) is 55.5 Å². The van der Waals surface area contributed by atoms with Gasteiger partial charge in [-0.15, -0.1) is 0 Å². The summed E-state index contributed by atoms with van der Waals surface area (Å²) in [6, 6.07) is 14.3. The highest BCUT2D eigenvalue weighted by atomic mass is 16.5. The van der Waals surface area contributed by atoms with Crippen LogP contribution in [0.25, 0.3) is 0 Å². The molecular formula is C19H22N4O3. The van der Waals surface area contributed by atoms with E-state index in [0.29, 0.717) is 16.9 Å². The number of benzene rings is 2. The van der Waals surface area contributed by atoms with Crippen LogP contribution in [0.3, 0.4) is 0 Å². The highest BCUT2D eigenvalue weighted by Crippen LogP contribution is 2.19. The van der Waals surface area contributed by atoms with E-state index >= 15 is 0 Å². The van der Waals surface area contributed by atoms with Gasteiger partial charge in [-0.3, -0.25) is 0 Å². The van der Waals surface area contributed by atoms with E-state index in [0.717, 1.165) is 11.4 Å². The molecule has 136 valence electrons. The molecular weight excluding hydrogens is 332 g/mol. The molecule has 0 bridgehead atoms. The molecule has 5 N–H and O–H groups in total. The summed E-state index contributed by atoms with van der Waals surface area (Å²) in [4.78, 5) is 23.0. The Hall–Kier alpha value is -3.48. The second-order valence-corrected chi connectivity index (χ2v) is 5.62. The van der Waals surface area contributed by atoms with Crippen LogP contribution in [0.5, 0.6) is 0 Å². The van der Waals surface area contributed by atoms with Crippen LogP contribution < -0.4 is 21.7 Å². The number of anilines is 4. The number of esters is 1. The molecule has 26 heavy (non-hydrogen) atoms. The van der Waals surface area contributed by atoms with Crippen molar-refractivity contribution < 1.29 is 14.3 Å². The summed E-state index contributed by atoms with van der Waals surface area (Å²) >= 11 is 0. The Kier molecular flexibility index (Phi) is 6.61. The molecule has 0 aliphatic carbocycles. The normalized spacial score (nSPS) is 9.88. The van der Waals surface area contributed by atoms with E-state index in [1.54, 1.807) is 19.1 Å². The van der Waals surface area contributed by atoms with Crippen LogP contribution in [0.15, 0.2) is 60.7 Å². The van der Waals surface area contributed by atoms with Crippen molar-refractivity contribution in [3.63, 3.8) is 0 Å². The van der Waals surface area contributed by atoms with Crippen molar-refractivity contribution in [2.75, 3.05) is 29.5 Å². The van der Waals surface area contributed by atoms with E-state index in [4.69, 9.17) is 10.5 Å². The Morgan fingerprint density at radius 3 is 2.12 bits per heavy atom. The van der Waals surface area contributed by atoms with Crippen molar-refractivity contribution in [3.8, 4) is 0 Å². The molecule has 0 aliphatic heterocycles. The number of hydrogen-bond acceptors (Lipinski definition) is 5. The molecule has 0 spiro atoms. The molecule has 0 unspecified atom stereocenters. The molecule has 0 aromatic heterocycles. The largest absolute Gasteiger partial charge is 0.460 e. The smallest absolute Gasteiger partial charge is 0.333 e. The highest BCUT2D eigenvalue weighted by molar-refractivity contribution is 5.89. The van der Waals surface area contributed by atoms with Gasteiger partial charge in [0.25, 0.3) is 0 Å². The van der Waals surface area contributed by atoms with Gasteiger partial charge in [-0.2, -0.15) is 0 Å². The molecule has 0 radical (unpaired) electrons. The molecule has 0 saturated carbocycles. The minimum absolute atomic E-state index is 0.0869. The highest BCUT2D eigenvalue weighted by Gasteiger charge is 2.04. The van der Waals surface area contributed by atoms with E-state index in [-0.39, 0.29) is 19.2 Å². The summed E-state index contributed by atoms with van der Waals surface area (Å²) < 4.78 is 4.89. The van der Waals surface area contributed by atoms with E-state index < -0.39 is 5.97 Å². The number of hydrogen-bond donors (Lipinski definition) is 4. The van der Waals surface area contributed by atoms with Gasteiger partial charge in [0.15, 0.2) is 0 Å². The Bertz CT molecular complexity index is 770. The SMILES string of the molecule is C=C(C)C(=O)OCCNC(=O)Nc1ccc(Nc2ccc(N)cc2)cc1. The first kappa shape index (κ1) is 18.9. The van der Waals surface area contributed by atoms with Crippen molar-refractivity contribution >= 4 is 34.7 Å². The zero-order chi connectivity index (χ0) is 18.9. The number of carbonyl (C=O) groups is 2.